The Bertz CT molecular complexity index is 393. The monoisotopic (exact) mass is 268 g/mol. The molecule has 0 bridgehead atoms. The van der Waals surface area contributed by atoms with Crippen LogP contribution < -0.4 is 10.6 Å². The van der Waals surface area contributed by atoms with Crippen LogP contribution in [0.3, 0.4) is 0 Å². The van der Waals surface area contributed by atoms with Gasteiger partial charge in [0.15, 0.2) is 0 Å². The fourth-order valence-electron chi connectivity index (χ4n) is 1.62. The zero-order valence-electron chi connectivity index (χ0n) is 12.0. The van der Waals surface area contributed by atoms with Gasteiger partial charge in [-0.3, -0.25) is 4.79 Å². The number of carbonyl (C=O) groups excluding carboxylic acids is 1. The van der Waals surface area contributed by atoms with E-state index in [0.717, 1.165) is 6.42 Å². The van der Waals surface area contributed by atoms with Crippen LogP contribution in [0.4, 0.5) is 0 Å². The Morgan fingerprint density at radius 1 is 1.39 bits per heavy atom. The molecule has 0 aromatic carbocycles. The molecule has 0 aliphatic heterocycles. The number of aryl methyl sites for hydroxylation is 1. The number of carbonyl (C=O) groups is 1. The van der Waals surface area contributed by atoms with Crippen molar-refractivity contribution in [3.8, 4) is 0 Å². The maximum atomic E-state index is 11.7. The second-order valence-corrected chi connectivity index (χ2v) is 7.16. The second kappa shape index (κ2) is 6.34. The van der Waals surface area contributed by atoms with E-state index in [1.165, 1.54) is 9.75 Å². The molecule has 1 aromatic heterocycles. The van der Waals surface area contributed by atoms with Crippen molar-refractivity contribution < 1.29 is 4.79 Å². The SMILES string of the molecule is Cc1ccc(CC(C)NC(=O)CNC(C)(C)C)s1. The number of hydrogen-bond donors (Lipinski definition) is 2. The van der Waals surface area contributed by atoms with E-state index in [0.29, 0.717) is 6.54 Å². The molecule has 1 atom stereocenters. The first kappa shape index (κ1) is 15.2. The molecular formula is C14H24N2OS. The lowest BCUT2D eigenvalue weighted by molar-refractivity contribution is -0.121. The van der Waals surface area contributed by atoms with Crippen LogP contribution in [0.5, 0.6) is 0 Å². The van der Waals surface area contributed by atoms with Crippen LogP contribution in [0.2, 0.25) is 0 Å². The standard InChI is InChI=1S/C14H24N2OS/c1-10(8-12-7-6-11(2)18-12)16-13(17)9-15-14(3,4)5/h6-7,10,15H,8-9H2,1-5H3,(H,16,17). The third-order valence-electron chi connectivity index (χ3n) is 2.49. The van der Waals surface area contributed by atoms with Gasteiger partial charge >= 0.3 is 0 Å². The molecular weight excluding hydrogens is 244 g/mol. The van der Waals surface area contributed by atoms with Crippen molar-refractivity contribution in [3.63, 3.8) is 0 Å². The van der Waals surface area contributed by atoms with Gasteiger partial charge in [0, 0.05) is 27.8 Å². The van der Waals surface area contributed by atoms with Gasteiger partial charge in [0.05, 0.1) is 6.54 Å². The molecule has 4 heteroatoms. The summed E-state index contributed by atoms with van der Waals surface area (Å²) >= 11 is 1.79. The predicted octanol–water partition coefficient (Wildman–Crippen LogP) is 2.49. The molecule has 1 rings (SSSR count). The van der Waals surface area contributed by atoms with E-state index < -0.39 is 0 Å². The van der Waals surface area contributed by atoms with Gasteiger partial charge in [0.25, 0.3) is 0 Å². The summed E-state index contributed by atoms with van der Waals surface area (Å²) in [5.74, 6) is 0.0608. The summed E-state index contributed by atoms with van der Waals surface area (Å²) in [5.41, 5.74) is -0.0224. The number of nitrogens with one attached hydrogen (secondary N) is 2. The van der Waals surface area contributed by atoms with Gasteiger partial charge in [0.1, 0.15) is 0 Å². The van der Waals surface area contributed by atoms with Crippen LogP contribution >= 0.6 is 11.3 Å². The second-order valence-electron chi connectivity index (χ2n) is 5.79. The number of thiophene rings is 1. The van der Waals surface area contributed by atoms with Crippen LogP contribution in [-0.4, -0.2) is 24.0 Å². The molecule has 1 amide bonds. The lowest BCUT2D eigenvalue weighted by atomic mass is 10.1. The van der Waals surface area contributed by atoms with E-state index in [9.17, 15) is 4.79 Å². The maximum absolute atomic E-state index is 11.7. The minimum atomic E-state index is -0.0224. The fraction of sp³-hybridized carbons (Fsp3) is 0.643. The van der Waals surface area contributed by atoms with Crippen LogP contribution in [0.25, 0.3) is 0 Å². The predicted molar refractivity (Wildman–Crippen MR) is 78.1 cm³/mol. The molecule has 102 valence electrons. The third-order valence-corrected chi connectivity index (χ3v) is 3.51. The topological polar surface area (TPSA) is 41.1 Å². The molecule has 0 fully saturated rings. The van der Waals surface area contributed by atoms with Crippen molar-refractivity contribution in [2.75, 3.05) is 6.54 Å². The Labute approximate surface area is 114 Å². The van der Waals surface area contributed by atoms with Gasteiger partial charge in [-0.1, -0.05) is 0 Å². The summed E-state index contributed by atoms with van der Waals surface area (Å²) < 4.78 is 0. The first-order valence-electron chi connectivity index (χ1n) is 6.36. The van der Waals surface area contributed by atoms with Gasteiger partial charge in [-0.15, -0.1) is 11.3 Å². The Hall–Kier alpha value is -0.870. The summed E-state index contributed by atoms with van der Waals surface area (Å²) in [5, 5.41) is 6.20. The minimum Gasteiger partial charge on any atom is -0.352 e. The average molecular weight is 268 g/mol. The molecule has 2 N–H and O–H groups in total. The van der Waals surface area contributed by atoms with E-state index in [1.54, 1.807) is 11.3 Å². The summed E-state index contributed by atoms with van der Waals surface area (Å²) in [6.45, 7) is 10.7. The zero-order chi connectivity index (χ0) is 13.8. The minimum absolute atomic E-state index is 0.0224. The molecule has 0 aliphatic rings. The van der Waals surface area contributed by atoms with E-state index in [1.807, 2.05) is 6.92 Å². The highest BCUT2D eigenvalue weighted by molar-refractivity contribution is 7.11. The number of rotatable bonds is 5. The summed E-state index contributed by atoms with van der Waals surface area (Å²) in [4.78, 5) is 14.4. The van der Waals surface area contributed by atoms with Gasteiger partial charge in [-0.2, -0.15) is 0 Å². The van der Waals surface area contributed by atoms with Crippen LogP contribution in [0, 0.1) is 6.92 Å². The van der Waals surface area contributed by atoms with Crippen LogP contribution in [0.1, 0.15) is 37.4 Å². The molecule has 0 saturated heterocycles. The Balaban J connectivity index is 2.31. The smallest absolute Gasteiger partial charge is 0.234 e. The van der Waals surface area contributed by atoms with Gasteiger partial charge in [-0.05, 0) is 46.8 Å². The first-order valence-corrected chi connectivity index (χ1v) is 7.17. The van der Waals surface area contributed by atoms with E-state index in [-0.39, 0.29) is 17.5 Å². The van der Waals surface area contributed by atoms with Crippen LogP contribution in [0.15, 0.2) is 12.1 Å². The van der Waals surface area contributed by atoms with Crippen molar-refractivity contribution >= 4 is 17.2 Å². The highest BCUT2D eigenvalue weighted by Gasteiger charge is 2.13. The van der Waals surface area contributed by atoms with E-state index >= 15 is 0 Å². The first-order chi connectivity index (χ1) is 8.26. The molecule has 1 aromatic rings. The Morgan fingerprint density at radius 3 is 2.56 bits per heavy atom. The average Bonchev–Trinajstić information content (AvgIpc) is 2.59. The van der Waals surface area contributed by atoms with Gasteiger partial charge in [-0.25, -0.2) is 0 Å². The van der Waals surface area contributed by atoms with Crippen molar-refractivity contribution in [1.82, 2.24) is 10.6 Å². The molecule has 0 saturated carbocycles. The van der Waals surface area contributed by atoms with Gasteiger partial charge in [0.2, 0.25) is 5.91 Å². The van der Waals surface area contributed by atoms with E-state index in [4.69, 9.17) is 0 Å². The van der Waals surface area contributed by atoms with E-state index in [2.05, 4.69) is 50.5 Å². The summed E-state index contributed by atoms with van der Waals surface area (Å²) in [6.07, 6.45) is 0.903. The largest absolute Gasteiger partial charge is 0.352 e. The fourth-order valence-corrected chi connectivity index (χ4v) is 2.64. The Morgan fingerprint density at radius 2 is 2.06 bits per heavy atom. The molecule has 3 nitrogen and oxygen atoms in total. The third kappa shape index (κ3) is 6.17. The van der Waals surface area contributed by atoms with Crippen molar-refractivity contribution in [3.05, 3.63) is 21.9 Å². The number of amides is 1. The lowest BCUT2D eigenvalue weighted by Gasteiger charge is -2.21. The molecule has 1 heterocycles. The zero-order valence-corrected chi connectivity index (χ0v) is 12.8. The molecule has 0 spiro atoms. The highest BCUT2D eigenvalue weighted by Crippen LogP contribution is 2.16. The maximum Gasteiger partial charge on any atom is 0.234 e. The molecule has 0 radical (unpaired) electrons. The molecule has 18 heavy (non-hydrogen) atoms. The lowest BCUT2D eigenvalue weighted by Crippen LogP contribution is -2.45. The summed E-state index contributed by atoms with van der Waals surface area (Å²) in [7, 11) is 0. The molecule has 1 unspecified atom stereocenters. The normalized spacial score (nSPS) is 13.4. The van der Waals surface area contributed by atoms with Crippen molar-refractivity contribution in [1.29, 1.82) is 0 Å². The van der Waals surface area contributed by atoms with Crippen molar-refractivity contribution in [2.24, 2.45) is 0 Å². The Kier molecular flexibility index (Phi) is 5.35. The summed E-state index contributed by atoms with van der Waals surface area (Å²) in [6, 6.07) is 4.43. The number of hydrogen-bond acceptors (Lipinski definition) is 3. The highest BCUT2D eigenvalue weighted by atomic mass is 32.1. The van der Waals surface area contributed by atoms with Crippen molar-refractivity contribution in [2.45, 2.75) is 52.6 Å². The molecule has 0 aliphatic carbocycles. The van der Waals surface area contributed by atoms with Gasteiger partial charge < -0.3 is 10.6 Å². The quantitative estimate of drug-likeness (QED) is 0.861. The van der Waals surface area contributed by atoms with Crippen LogP contribution in [-0.2, 0) is 11.2 Å².